The van der Waals surface area contributed by atoms with Gasteiger partial charge in [0.2, 0.25) is 0 Å². The SMILES string of the molecule is CC(=Nc1c(C(C)C)cc(C(C)C)cc1C(C)C)c1[oH+]c(C(C)=Nc2c(C(C)C)cc(C(C)C)cc2C(C)C)c2ccccc12.[Cl][Fe][Cl]. The summed E-state index contributed by atoms with van der Waals surface area (Å²) in [6.07, 6.45) is 0. The third-order valence-corrected chi connectivity index (χ3v) is 9.11. The number of aliphatic imine (C=N–C) groups is 2. The molecule has 262 valence electrons. The van der Waals surface area contributed by atoms with Gasteiger partial charge in [-0.3, -0.25) is 0 Å². The number of rotatable bonds is 10. The van der Waals surface area contributed by atoms with E-state index in [-0.39, 0.29) is 13.1 Å². The summed E-state index contributed by atoms with van der Waals surface area (Å²) in [5.41, 5.74) is 12.1. The van der Waals surface area contributed by atoms with Gasteiger partial charge in [-0.15, -0.1) is 0 Å². The Hall–Kier alpha value is -2.36. The molecule has 0 aliphatic heterocycles. The first-order valence-corrected chi connectivity index (χ1v) is 20.4. The number of nitrogens with zero attached hydrogens (tertiary/aromatic N) is 2. The fraction of sp³-hybridized carbons (Fsp3) is 0.476. The van der Waals surface area contributed by atoms with Crippen molar-refractivity contribution in [2.75, 3.05) is 0 Å². The normalized spacial score (nSPS) is 12.9. The summed E-state index contributed by atoms with van der Waals surface area (Å²) in [7, 11) is 9.53. The van der Waals surface area contributed by atoms with Gasteiger partial charge in [-0.2, -0.15) is 0 Å². The third-order valence-electron chi connectivity index (χ3n) is 9.11. The average Bonchev–Trinajstić information content (AvgIpc) is 3.41. The molecule has 0 bridgehead atoms. The third kappa shape index (κ3) is 9.25. The molecule has 1 N–H and O–H groups in total. The Labute approximate surface area is 305 Å². The molecule has 3 aromatic carbocycles. The van der Waals surface area contributed by atoms with E-state index in [1.807, 2.05) is 0 Å². The van der Waals surface area contributed by atoms with Gasteiger partial charge in [0.05, 0.1) is 22.1 Å². The van der Waals surface area contributed by atoms with Crippen molar-refractivity contribution in [2.45, 2.75) is 132 Å². The molecule has 6 heteroatoms. The van der Waals surface area contributed by atoms with Crippen LogP contribution in [0, 0.1) is 0 Å². The Morgan fingerprint density at radius 3 is 1.02 bits per heavy atom. The van der Waals surface area contributed by atoms with E-state index in [4.69, 9.17) is 34.6 Å². The predicted molar refractivity (Wildman–Crippen MR) is 210 cm³/mol. The van der Waals surface area contributed by atoms with E-state index in [9.17, 15) is 0 Å². The second-order valence-corrected chi connectivity index (χ2v) is 16.6. The van der Waals surface area contributed by atoms with Crippen molar-refractivity contribution in [1.29, 1.82) is 0 Å². The Balaban J connectivity index is 0.00000201. The van der Waals surface area contributed by atoms with E-state index in [0.717, 1.165) is 45.1 Å². The van der Waals surface area contributed by atoms with Crippen molar-refractivity contribution in [2.24, 2.45) is 9.98 Å². The van der Waals surface area contributed by atoms with Crippen molar-refractivity contribution in [3.8, 4) is 0 Å². The Morgan fingerprint density at radius 2 is 0.792 bits per heavy atom. The molecule has 1 aromatic heterocycles. The molecule has 0 unspecified atom stereocenters. The summed E-state index contributed by atoms with van der Waals surface area (Å²) in [6.45, 7) is 31.5. The van der Waals surface area contributed by atoms with Crippen LogP contribution in [-0.2, 0) is 13.1 Å². The van der Waals surface area contributed by atoms with Crippen molar-refractivity contribution in [1.82, 2.24) is 0 Å². The van der Waals surface area contributed by atoms with Gasteiger partial charge in [-0.1, -0.05) is 119 Å². The van der Waals surface area contributed by atoms with Gasteiger partial charge in [-0.25, -0.2) is 9.98 Å². The van der Waals surface area contributed by atoms with Crippen LogP contribution in [0.1, 0.15) is 177 Å². The quantitative estimate of drug-likeness (QED) is 0.0885. The Bertz CT molecular complexity index is 1580. The fourth-order valence-corrected chi connectivity index (χ4v) is 6.21. The first-order chi connectivity index (χ1) is 22.5. The summed E-state index contributed by atoms with van der Waals surface area (Å²) in [5.74, 6) is 4.30. The zero-order chi connectivity index (χ0) is 36.0. The molecule has 0 radical (unpaired) electrons. The molecular formula is C42H57Cl2FeN2O+. The first kappa shape index (κ1) is 40.1. The number of fused-ring (bicyclic) bond motifs is 1. The predicted octanol–water partition coefficient (Wildman–Crippen LogP) is 14.9. The standard InChI is InChI=1S/C42H56N2O.2ClH.Fe/c1-23(2)31-19-35(25(5)6)39(36(20-31)26(7)8)43-29(13)41-33-17-15-16-18-34(33)42(45-41)30(14)44-40-37(27(9)10)21-32(24(3)4)22-38(40)28(11)12;;;/h15-28H,1-14H3;2*1H;/q;;;+2/p-1. The molecule has 0 amide bonds. The monoisotopic (exact) mass is 731 g/mol. The minimum atomic E-state index is 0.194. The molecule has 3 nitrogen and oxygen atoms in total. The number of halogens is 2. The van der Waals surface area contributed by atoms with Gasteiger partial charge in [0.25, 0.3) is 11.5 Å². The second kappa shape index (κ2) is 17.5. The Morgan fingerprint density at radius 1 is 0.521 bits per heavy atom. The summed E-state index contributed by atoms with van der Waals surface area (Å²) in [5, 5.41) is 2.25. The van der Waals surface area contributed by atoms with Gasteiger partial charge in [0.1, 0.15) is 11.4 Å². The van der Waals surface area contributed by atoms with Crippen LogP contribution in [0.25, 0.3) is 10.8 Å². The van der Waals surface area contributed by atoms with Crippen LogP contribution in [0.5, 0.6) is 0 Å². The summed E-state index contributed by atoms with van der Waals surface area (Å²) < 4.78 is 5.31. The van der Waals surface area contributed by atoms with Crippen LogP contribution in [0.4, 0.5) is 11.4 Å². The fourth-order valence-electron chi connectivity index (χ4n) is 6.21. The van der Waals surface area contributed by atoms with Gasteiger partial charge in [0, 0.05) is 0 Å². The van der Waals surface area contributed by atoms with Crippen molar-refractivity contribution >= 4 is 53.8 Å². The summed E-state index contributed by atoms with van der Waals surface area (Å²) in [4.78, 5) is 10.8. The molecule has 48 heavy (non-hydrogen) atoms. The van der Waals surface area contributed by atoms with Crippen molar-refractivity contribution < 1.29 is 17.6 Å². The number of hydrogen-bond donors (Lipinski definition) is 0. The molecule has 0 saturated heterocycles. The number of benzene rings is 3. The van der Waals surface area contributed by atoms with E-state index in [0.29, 0.717) is 35.5 Å². The molecule has 1 heterocycles. The molecule has 0 spiro atoms. The Kier molecular flexibility index (Phi) is 14.6. The molecule has 4 rings (SSSR count). The van der Waals surface area contributed by atoms with E-state index in [1.165, 1.54) is 33.4 Å². The molecule has 0 aliphatic rings. The maximum atomic E-state index is 5.39. The van der Waals surface area contributed by atoms with Crippen LogP contribution in [0.2, 0.25) is 0 Å². The van der Waals surface area contributed by atoms with Crippen LogP contribution in [-0.4, -0.2) is 11.4 Å². The number of furan rings is 1. The first-order valence-electron chi connectivity index (χ1n) is 17.4. The average molecular weight is 733 g/mol. The van der Waals surface area contributed by atoms with Gasteiger partial charge >= 0.3 is 33.3 Å². The van der Waals surface area contributed by atoms with E-state index in [1.54, 1.807) is 0 Å². The van der Waals surface area contributed by atoms with E-state index in [2.05, 4.69) is 145 Å². The van der Waals surface area contributed by atoms with Gasteiger partial charge in [-0.05, 0) is 94.9 Å². The van der Waals surface area contributed by atoms with Crippen LogP contribution < -0.4 is 0 Å². The van der Waals surface area contributed by atoms with E-state index < -0.39 is 0 Å². The van der Waals surface area contributed by atoms with Crippen LogP contribution >= 0.6 is 20.2 Å². The van der Waals surface area contributed by atoms with Crippen molar-refractivity contribution in [3.63, 3.8) is 0 Å². The molecule has 0 saturated carbocycles. The zero-order valence-corrected chi connectivity index (χ0v) is 34.2. The van der Waals surface area contributed by atoms with Crippen molar-refractivity contribution in [3.05, 3.63) is 93.4 Å². The van der Waals surface area contributed by atoms with Crippen LogP contribution in [0.3, 0.4) is 0 Å². The molecule has 0 fully saturated rings. The topological polar surface area (TPSA) is 37.5 Å². The zero-order valence-electron chi connectivity index (χ0n) is 31.5. The van der Waals surface area contributed by atoms with Gasteiger partial charge in [0.15, 0.2) is 0 Å². The second-order valence-electron chi connectivity index (χ2n) is 14.8. The minimum absolute atomic E-state index is 0.194. The summed E-state index contributed by atoms with van der Waals surface area (Å²) >= 11 is 0.194. The summed E-state index contributed by atoms with van der Waals surface area (Å²) in [6, 6.07) is 18.0. The van der Waals surface area contributed by atoms with Crippen LogP contribution in [0.15, 0.2) is 62.9 Å². The van der Waals surface area contributed by atoms with Gasteiger partial charge < -0.3 is 4.42 Å². The molecule has 4 aromatic rings. The molecule has 0 atom stereocenters. The molecular weight excluding hydrogens is 675 g/mol. The number of hydrogen-bond acceptors (Lipinski definition) is 2. The molecule has 0 aliphatic carbocycles. The van der Waals surface area contributed by atoms with E-state index >= 15 is 0 Å². The maximum absolute atomic E-state index is 5.39.